The quantitative estimate of drug-likeness (QED) is 0.793. The van der Waals surface area contributed by atoms with Gasteiger partial charge in [-0.3, -0.25) is 4.79 Å². The molecule has 0 aliphatic heterocycles. The molecular weight excluding hydrogens is 334 g/mol. The molecule has 21 heavy (non-hydrogen) atoms. The Kier molecular flexibility index (Phi) is 4.59. The number of aryl methyl sites for hydroxylation is 1. The van der Waals surface area contributed by atoms with Crippen molar-refractivity contribution in [2.75, 3.05) is 10.6 Å². The van der Waals surface area contributed by atoms with Gasteiger partial charge in [0.1, 0.15) is 0 Å². The van der Waals surface area contributed by atoms with Gasteiger partial charge in [-0.15, -0.1) is 0 Å². The van der Waals surface area contributed by atoms with Gasteiger partial charge >= 0.3 is 6.03 Å². The highest BCUT2D eigenvalue weighted by atomic mass is 79.9. The van der Waals surface area contributed by atoms with Crippen LogP contribution in [0.2, 0.25) is 0 Å². The average Bonchev–Trinajstić information content (AvgIpc) is 2.37. The molecule has 0 aliphatic rings. The number of carbonyl (C=O) groups is 2. The van der Waals surface area contributed by atoms with E-state index in [1.165, 1.54) is 0 Å². The summed E-state index contributed by atoms with van der Waals surface area (Å²) in [5.74, 6) is -0.226. The smallest absolute Gasteiger partial charge is 0.316 e. The number of halogens is 1. The van der Waals surface area contributed by atoms with E-state index in [0.717, 1.165) is 10.0 Å². The number of primary amides is 1. The Bertz CT molecular complexity index is 681. The normalized spacial score (nSPS) is 10.0. The number of amides is 3. The lowest BCUT2D eigenvalue weighted by Gasteiger charge is -2.08. The van der Waals surface area contributed by atoms with E-state index in [-0.39, 0.29) is 5.91 Å². The van der Waals surface area contributed by atoms with E-state index in [2.05, 4.69) is 26.6 Å². The van der Waals surface area contributed by atoms with Gasteiger partial charge in [-0.2, -0.15) is 0 Å². The Labute approximate surface area is 130 Å². The van der Waals surface area contributed by atoms with Crippen LogP contribution in [0.3, 0.4) is 0 Å². The third-order valence-electron chi connectivity index (χ3n) is 2.69. The molecule has 5 nitrogen and oxygen atoms in total. The molecule has 0 atom stereocenters. The fraction of sp³-hybridized carbons (Fsp3) is 0.0667. The molecule has 0 spiro atoms. The van der Waals surface area contributed by atoms with Gasteiger partial charge in [0, 0.05) is 21.4 Å². The van der Waals surface area contributed by atoms with Crippen LogP contribution < -0.4 is 16.4 Å². The van der Waals surface area contributed by atoms with E-state index in [1.54, 1.807) is 36.4 Å². The number of benzene rings is 2. The minimum absolute atomic E-state index is 0.226. The molecule has 0 radical (unpaired) electrons. The van der Waals surface area contributed by atoms with Crippen LogP contribution >= 0.6 is 15.9 Å². The van der Waals surface area contributed by atoms with Gasteiger partial charge in [0.2, 0.25) is 0 Å². The predicted octanol–water partition coefficient (Wildman–Crippen LogP) is 3.50. The van der Waals surface area contributed by atoms with Gasteiger partial charge < -0.3 is 16.4 Å². The molecule has 0 fully saturated rings. The van der Waals surface area contributed by atoms with E-state index >= 15 is 0 Å². The molecule has 0 heterocycles. The first-order valence-corrected chi connectivity index (χ1v) is 6.98. The minimum atomic E-state index is -0.652. The molecule has 0 bridgehead atoms. The summed E-state index contributed by atoms with van der Waals surface area (Å²) >= 11 is 3.36. The Hall–Kier alpha value is -2.34. The van der Waals surface area contributed by atoms with Gasteiger partial charge in [0.05, 0.1) is 0 Å². The van der Waals surface area contributed by atoms with Crippen LogP contribution in [0.15, 0.2) is 46.9 Å². The number of nitrogens with two attached hydrogens (primary N) is 1. The van der Waals surface area contributed by atoms with Crippen LogP contribution in [0.25, 0.3) is 0 Å². The minimum Gasteiger partial charge on any atom is -0.351 e. The van der Waals surface area contributed by atoms with E-state index in [9.17, 15) is 9.59 Å². The summed E-state index contributed by atoms with van der Waals surface area (Å²) in [5.41, 5.74) is 7.69. The summed E-state index contributed by atoms with van der Waals surface area (Å²) in [5, 5.41) is 5.23. The lowest BCUT2D eigenvalue weighted by Crippen LogP contribution is -2.19. The number of hydrogen-bond acceptors (Lipinski definition) is 2. The zero-order chi connectivity index (χ0) is 15.4. The highest BCUT2D eigenvalue weighted by Gasteiger charge is 2.08. The molecule has 0 unspecified atom stereocenters. The van der Waals surface area contributed by atoms with Gasteiger partial charge in [0.15, 0.2) is 0 Å². The Morgan fingerprint density at radius 3 is 2.33 bits per heavy atom. The molecule has 6 heteroatoms. The molecule has 0 aliphatic carbocycles. The summed E-state index contributed by atoms with van der Waals surface area (Å²) in [4.78, 5) is 23.0. The van der Waals surface area contributed by atoms with Crippen molar-refractivity contribution in [3.63, 3.8) is 0 Å². The van der Waals surface area contributed by atoms with Gasteiger partial charge in [-0.1, -0.05) is 22.0 Å². The fourth-order valence-electron chi connectivity index (χ4n) is 1.89. The molecule has 3 amide bonds. The van der Waals surface area contributed by atoms with Crippen LogP contribution in [0.1, 0.15) is 15.9 Å². The van der Waals surface area contributed by atoms with Crippen molar-refractivity contribution in [3.8, 4) is 0 Å². The van der Waals surface area contributed by atoms with Crippen molar-refractivity contribution in [3.05, 3.63) is 58.1 Å². The first-order chi connectivity index (χ1) is 9.94. The first-order valence-electron chi connectivity index (χ1n) is 6.19. The Balaban J connectivity index is 2.17. The van der Waals surface area contributed by atoms with Crippen LogP contribution in [-0.2, 0) is 0 Å². The van der Waals surface area contributed by atoms with Crippen molar-refractivity contribution >= 4 is 39.2 Å². The zero-order valence-electron chi connectivity index (χ0n) is 11.3. The average molecular weight is 348 g/mol. The number of hydrogen-bond donors (Lipinski definition) is 3. The molecular formula is C15H14BrN3O2. The maximum atomic E-state index is 12.2. The Morgan fingerprint density at radius 2 is 1.71 bits per heavy atom. The molecule has 0 saturated carbocycles. The summed E-state index contributed by atoms with van der Waals surface area (Å²) < 4.78 is 0.844. The summed E-state index contributed by atoms with van der Waals surface area (Å²) in [7, 11) is 0. The molecule has 108 valence electrons. The predicted molar refractivity (Wildman–Crippen MR) is 86.5 cm³/mol. The highest BCUT2D eigenvalue weighted by molar-refractivity contribution is 9.10. The number of anilines is 2. The molecule has 0 aromatic heterocycles. The van der Waals surface area contributed by atoms with E-state index in [0.29, 0.717) is 16.9 Å². The van der Waals surface area contributed by atoms with Crippen LogP contribution in [-0.4, -0.2) is 11.9 Å². The molecule has 2 aromatic rings. The summed E-state index contributed by atoms with van der Waals surface area (Å²) in [6, 6.07) is 11.6. The topological polar surface area (TPSA) is 84.2 Å². The number of nitrogens with one attached hydrogen (secondary N) is 2. The van der Waals surface area contributed by atoms with Gasteiger partial charge in [-0.25, -0.2) is 4.79 Å². The molecule has 2 rings (SSSR count). The molecule has 4 N–H and O–H groups in total. The van der Waals surface area contributed by atoms with E-state index in [1.807, 2.05) is 13.0 Å². The Morgan fingerprint density at radius 1 is 1.05 bits per heavy atom. The maximum Gasteiger partial charge on any atom is 0.316 e. The monoisotopic (exact) mass is 347 g/mol. The van der Waals surface area contributed by atoms with Crippen molar-refractivity contribution in [1.82, 2.24) is 0 Å². The lowest BCUT2D eigenvalue weighted by atomic mass is 10.1. The van der Waals surface area contributed by atoms with E-state index in [4.69, 9.17) is 5.73 Å². The number of carbonyl (C=O) groups excluding carboxylic acids is 2. The van der Waals surface area contributed by atoms with Crippen molar-refractivity contribution < 1.29 is 9.59 Å². The standard InChI is InChI=1S/C15H14BrN3O2/c1-9-5-10(7-11(16)6-9)14(20)18-12-3-2-4-13(8-12)19-15(17)21/h2-8H,1H3,(H,18,20)(H3,17,19,21). The summed E-state index contributed by atoms with van der Waals surface area (Å²) in [6.45, 7) is 1.92. The molecule has 0 saturated heterocycles. The first kappa shape index (κ1) is 15.1. The van der Waals surface area contributed by atoms with Crippen LogP contribution in [0, 0.1) is 6.92 Å². The molecule has 2 aromatic carbocycles. The van der Waals surface area contributed by atoms with E-state index < -0.39 is 6.03 Å². The van der Waals surface area contributed by atoms with Crippen molar-refractivity contribution in [1.29, 1.82) is 0 Å². The third-order valence-corrected chi connectivity index (χ3v) is 3.15. The van der Waals surface area contributed by atoms with Crippen LogP contribution in [0.5, 0.6) is 0 Å². The van der Waals surface area contributed by atoms with Crippen LogP contribution in [0.4, 0.5) is 16.2 Å². The maximum absolute atomic E-state index is 12.2. The second-order valence-corrected chi connectivity index (χ2v) is 5.46. The highest BCUT2D eigenvalue weighted by Crippen LogP contribution is 2.19. The largest absolute Gasteiger partial charge is 0.351 e. The number of urea groups is 1. The summed E-state index contributed by atoms with van der Waals surface area (Å²) in [6.07, 6.45) is 0. The number of rotatable bonds is 3. The van der Waals surface area contributed by atoms with Crippen molar-refractivity contribution in [2.45, 2.75) is 6.92 Å². The van der Waals surface area contributed by atoms with Crippen molar-refractivity contribution in [2.24, 2.45) is 5.73 Å². The fourth-order valence-corrected chi connectivity index (χ4v) is 2.50. The second kappa shape index (κ2) is 6.41. The van der Waals surface area contributed by atoms with Gasteiger partial charge in [-0.05, 0) is 48.9 Å². The zero-order valence-corrected chi connectivity index (χ0v) is 12.9. The SMILES string of the molecule is Cc1cc(Br)cc(C(=O)Nc2cccc(NC(N)=O)c2)c1. The third kappa shape index (κ3) is 4.32. The lowest BCUT2D eigenvalue weighted by molar-refractivity contribution is 0.102. The van der Waals surface area contributed by atoms with Gasteiger partial charge in [0.25, 0.3) is 5.91 Å². The second-order valence-electron chi connectivity index (χ2n) is 4.54.